The lowest BCUT2D eigenvalue weighted by atomic mass is 10.1. The molecule has 0 aliphatic carbocycles. The fraction of sp³-hybridized carbons (Fsp3) is 0.417. The molecular weight excluding hydrogens is 333 g/mol. The third kappa shape index (κ3) is 3.46. The van der Waals surface area contributed by atoms with Gasteiger partial charge < -0.3 is 0 Å². The van der Waals surface area contributed by atoms with Gasteiger partial charge in [-0.2, -0.15) is 0 Å². The Hall–Kier alpha value is -0.0700. The van der Waals surface area contributed by atoms with E-state index in [1.165, 1.54) is 10.5 Å². The highest BCUT2D eigenvalue weighted by Gasteiger charge is 2.15. The van der Waals surface area contributed by atoms with Gasteiger partial charge in [-0.15, -0.1) is 0 Å². The van der Waals surface area contributed by atoms with Crippen LogP contribution in [-0.2, 0) is 11.3 Å². The van der Waals surface area contributed by atoms with Crippen molar-refractivity contribution in [1.82, 2.24) is 4.90 Å². The molecule has 0 N–H and O–H groups in total. The molecule has 1 saturated heterocycles. The van der Waals surface area contributed by atoms with E-state index in [2.05, 4.69) is 50.4 Å². The largest absolute Gasteiger partial charge is 0.300 e. The maximum atomic E-state index is 11.1. The Morgan fingerprint density at radius 3 is 2.75 bits per heavy atom. The quantitative estimate of drug-likeness (QED) is 0.783. The molecule has 0 atom stereocenters. The van der Waals surface area contributed by atoms with Crippen molar-refractivity contribution < 1.29 is 4.79 Å². The predicted octanol–water partition coefficient (Wildman–Crippen LogP) is 3.29. The molecule has 1 aliphatic heterocycles. The van der Waals surface area contributed by atoms with Crippen LogP contribution in [0, 0.1) is 0 Å². The topological polar surface area (TPSA) is 20.3 Å². The summed E-state index contributed by atoms with van der Waals surface area (Å²) in [6.45, 7) is 2.80. The molecule has 2 nitrogen and oxygen atoms in total. The molecule has 1 aromatic carbocycles. The van der Waals surface area contributed by atoms with Gasteiger partial charge in [-0.3, -0.25) is 9.69 Å². The Morgan fingerprint density at radius 1 is 1.31 bits per heavy atom. The van der Waals surface area contributed by atoms with Gasteiger partial charge in [-0.1, -0.05) is 21.1 Å². The second kappa shape index (κ2) is 6.02. The van der Waals surface area contributed by atoms with Crippen molar-refractivity contribution in [3.05, 3.63) is 29.8 Å². The molecule has 1 aromatic rings. The SMILES string of the molecule is O=C1CCN(Cc2cccc(SI)c2)CC1. The van der Waals surface area contributed by atoms with E-state index >= 15 is 0 Å². The second-order valence-corrected chi connectivity index (χ2v) is 5.99. The number of hydrogen-bond donors (Lipinski definition) is 0. The first-order valence-electron chi connectivity index (χ1n) is 5.39. The molecule has 0 spiro atoms. The van der Waals surface area contributed by atoms with E-state index in [9.17, 15) is 4.79 Å². The average Bonchev–Trinajstić information content (AvgIpc) is 2.32. The fourth-order valence-corrected chi connectivity index (χ4v) is 3.06. The Labute approximate surface area is 112 Å². The first-order valence-corrected chi connectivity index (χ1v) is 8.75. The maximum Gasteiger partial charge on any atom is 0.135 e. The van der Waals surface area contributed by atoms with Crippen LogP contribution >= 0.6 is 30.1 Å². The Kier molecular flexibility index (Phi) is 4.66. The molecule has 0 amide bonds. The first kappa shape index (κ1) is 12.4. The highest BCUT2D eigenvalue weighted by molar-refractivity contribution is 14.2. The number of halogens is 1. The lowest BCUT2D eigenvalue weighted by Crippen LogP contribution is -2.33. The van der Waals surface area contributed by atoms with Crippen molar-refractivity contribution in [3.8, 4) is 0 Å². The highest BCUT2D eigenvalue weighted by atomic mass is 127. The van der Waals surface area contributed by atoms with E-state index in [4.69, 9.17) is 0 Å². The standard InChI is InChI=1S/C12H14INOS/c13-16-12-3-1-2-10(8-12)9-14-6-4-11(15)5-7-14/h1-3,8H,4-7,9H2. The molecule has 0 radical (unpaired) electrons. The van der Waals surface area contributed by atoms with Gasteiger partial charge in [0.2, 0.25) is 0 Å². The van der Waals surface area contributed by atoms with Crippen molar-refractivity contribution in [1.29, 1.82) is 0 Å². The molecule has 4 heteroatoms. The molecule has 0 bridgehead atoms. The van der Waals surface area contributed by atoms with E-state index in [0.717, 1.165) is 32.5 Å². The molecule has 1 aliphatic rings. The van der Waals surface area contributed by atoms with Crippen molar-refractivity contribution in [2.75, 3.05) is 13.1 Å². The van der Waals surface area contributed by atoms with Gasteiger partial charge in [0.15, 0.2) is 0 Å². The Morgan fingerprint density at radius 2 is 2.06 bits per heavy atom. The number of Topliss-reactive ketones (excluding diaryl/α,β-unsaturated/α-hetero) is 1. The van der Waals surface area contributed by atoms with Crippen LogP contribution < -0.4 is 0 Å². The zero-order chi connectivity index (χ0) is 11.4. The maximum absolute atomic E-state index is 11.1. The van der Waals surface area contributed by atoms with Gasteiger partial charge in [0.05, 0.1) is 0 Å². The zero-order valence-corrected chi connectivity index (χ0v) is 12.0. The summed E-state index contributed by atoms with van der Waals surface area (Å²) < 4.78 is 0. The minimum absolute atomic E-state index is 0.410. The van der Waals surface area contributed by atoms with Gasteiger partial charge in [0.25, 0.3) is 0 Å². The zero-order valence-electron chi connectivity index (χ0n) is 8.99. The summed E-state index contributed by atoms with van der Waals surface area (Å²) in [5.41, 5.74) is 1.34. The third-order valence-electron chi connectivity index (χ3n) is 2.81. The summed E-state index contributed by atoms with van der Waals surface area (Å²) in [5, 5.41) is 0. The van der Waals surface area contributed by atoms with Crippen LogP contribution in [0.1, 0.15) is 18.4 Å². The number of carbonyl (C=O) groups excluding carboxylic acids is 1. The Balaban J connectivity index is 1.95. The molecule has 0 unspecified atom stereocenters. The van der Waals surface area contributed by atoms with Crippen molar-refractivity contribution >= 4 is 35.9 Å². The van der Waals surface area contributed by atoms with Gasteiger partial charge >= 0.3 is 0 Å². The molecule has 86 valence electrons. The summed E-state index contributed by atoms with van der Waals surface area (Å²) in [5.74, 6) is 0.410. The molecule has 0 aromatic heterocycles. The van der Waals surface area contributed by atoms with Crippen LogP contribution in [-0.4, -0.2) is 23.8 Å². The summed E-state index contributed by atoms with van der Waals surface area (Å²) in [7, 11) is 1.74. The van der Waals surface area contributed by atoms with Crippen molar-refractivity contribution in [2.24, 2.45) is 0 Å². The first-order chi connectivity index (χ1) is 7.78. The summed E-state index contributed by atoms with van der Waals surface area (Å²) in [6.07, 6.45) is 1.45. The van der Waals surface area contributed by atoms with E-state index < -0.39 is 0 Å². The van der Waals surface area contributed by atoms with E-state index in [0.29, 0.717) is 5.78 Å². The van der Waals surface area contributed by atoms with Gasteiger partial charge in [0, 0.05) is 58.6 Å². The highest BCUT2D eigenvalue weighted by Crippen LogP contribution is 2.26. The van der Waals surface area contributed by atoms with Crippen LogP contribution in [0.4, 0.5) is 0 Å². The molecule has 2 rings (SSSR count). The summed E-state index contributed by atoms with van der Waals surface area (Å²) in [6, 6.07) is 8.62. The average molecular weight is 347 g/mol. The van der Waals surface area contributed by atoms with Crippen LogP contribution in [0.25, 0.3) is 0 Å². The second-order valence-electron chi connectivity index (χ2n) is 4.04. The molecular formula is C12H14INOS. The lowest BCUT2D eigenvalue weighted by Gasteiger charge is -2.25. The lowest BCUT2D eigenvalue weighted by molar-refractivity contribution is -0.121. The van der Waals surface area contributed by atoms with Crippen LogP contribution in [0.2, 0.25) is 0 Å². The summed E-state index contributed by atoms with van der Waals surface area (Å²) in [4.78, 5) is 14.8. The summed E-state index contributed by atoms with van der Waals surface area (Å²) >= 11 is 2.30. The third-order valence-corrected chi connectivity index (χ3v) is 4.77. The van der Waals surface area contributed by atoms with Gasteiger partial charge in [0.1, 0.15) is 5.78 Å². The number of rotatable bonds is 3. The number of piperidine rings is 1. The number of hydrogen-bond acceptors (Lipinski definition) is 3. The molecule has 16 heavy (non-hydrogen) atoms. The normalized spacial score (nSPS) is 17.7. The molecule has 1 heterocycles. The van der Waals surface area contributed by atoms with Crippen LogP contribution in [0.3, 0.4) is 0 Å². The van der Waals surface area contributed by atoms with E-state index in [1.807, 2.05) is 0 Å². The van der Waals surface area contributed by atoms with E-state index in [-0.39, 0.29) is 0 Å². The van der Waals surface area contributed by atoms with Gasteiger partial charge in [-0.05, 0) is 17.7 Å². The number of benzene rings is 1. The number of carbonyl (C=O) groups is 1. The van der Waals surface area contributed by atoms with Gasteiger partial charge in [-0.25, -0.2) is 0 Å². The smallest absolute Gasteiger partial charge is 0.135 e. The number of ketones is 1. The van der Waals surface area contributed by atoms with Crippen LogP contribution in [0.15, 0.2) is 29.2 Å². The minimum atomic E-state index is 0.410. The predicted molar refractivity (Wildman–Crippen MR) is 75.8 cm³/mol. The van der Waals surface area contributed by atoms with E-state index in [1.54, 1.807) is 8.93 Å². The van der Waals surface area contributed by atoms with Crippen molar-refractivity contribution in [3.63, 3.8) is 0 Å². The number of nitrogens with zero attached hydrogens (tertiary/aromatic N) is 1. The van der Waals surface area contributed by atoms with Crippen LogP contribution in [0.5, 0.6) is 0 Å². The molecule has 1 fully saturated rings. The monoisotopic (exact) mass is 347 g/mol. The van der Waals surface area contributed by atoms with Crippen molar-refractivity contribution in [2.45, 2.75) is 24.3 Å². The minimum Gasteiger partial charge on any atom is -0.300 e. The molecule has 0 saturated carbocycles. The number of likely N-dealkylation sites (tertiary alicyclic amines) is 1. The fourth-order valence-electron chi connectivity index (χ4n) is 1.91. The Bertz CT molecular complexity index is 373.